The van der Waals surface area contributed by atoms with Gasteiger partial charge < -0.3 is 9.84 Å². The highest BCUT2D eigenvalue weighted by Crippen LogP contribution is 2.37. The first-order valence-corrected chi connectivity index (χ1v) is 9.08. The monoisotopic (exact) mass is 453 g/mol. The topological polar surface area (TPSA) is 32.7 Å². The Morgan fingerprint density at radius 3 is 2.17 bits per heavy atom. The molecule has 1 aliphatic rings. The van der Waals surface area contributed by atoms with Gasteiger partial charge in [-0.25, -0.2) is 13.2 Å². The summed E-state index contributed by atoms with van der Waals surface area (Å²) in [6.07, 6.45) is -14.3. The van der Waals surface area contributed by atoms with Gasteiger partial charge in [0, 0.05) is 19.4 Å². The third-order valence-electron chi connectivity index (χ3n) is 4.89. The SMILES string of the molecule is O[C@H](CCN(C(F)(F)F)C(F)(F)F)c1ccc(F)c(OCC2CCC(F)(F)CC2)c1. The van der Waals surface area contributed by atoms with Gasteiger partial charge in [0.15, 0.2) is 11.6 Å². The van der Waals surface area contributed by atoms with Crippen molar-refractivity contribution in [3.63, 3.8) is 0 Å². The van der Waals surface area contributed by atoms with Crippen LogP contribution in [-0.2, 0) is 0 Å². The highest BCUT2D eigenvalue weighted by atomic mass is 19.4. The minimum atomic E-state index is -5.67. The van der Waals surface area contributed by atoms with Gasteiger partial charge in [-0.05, 0) is 42.9 Å². The normalized spacial score (nSPS) is 19.2. The molecule has 172 valence electrons. The summed E-state index contributed by atoms with van der Waals surface area (Å²) in [5, 5.41) is 9.97. The van der Waals surface area contributed by atoms with E-state index >= 15 is 0 Å². The fraction of sp³-hybridized carbons (Fsp3) is 0.667. The number of halogens is 9. The fourth-order valence-corrected chi connectivity index (χ4v) is 3.13. The number of hydrogen-bond acceptors (Lipinski definition) is 3. The van der Waals surface area contributed by atoms with E-state index in [1.807, 2.05) is 0 Å². The van der Waals surface area contributed by atoms with Crippen LogP contribution >= 0.6 is 0 Å². The number of ether oxygens (including phenoxy) is 1. The molecule has 1 aromatic rings. The van der Waals surface area contributed by atoms with Gasteiger partial charge in [0.05, 0.1) is 12.7 Å². The number of alkyl halides is 8. The summed E-state index contributed by atoms with van der Waals surface area (Å²) < 4.78 is 121. The van der Waals surface area contributed by atoms with Crippen LogP contribution < -0.4 is 4.74 Å². The standard InChI is InChI=1S/C18H20F9NO2/c19-13-2-1-12(14(29)5-8-28(17(22,23)24)18(25,26)27)9-15(13)30-10-11-3-6-16(20,21)7-4-11/h1-2,9,11,14,29H,3-8,10H2/t14-/m1/s1. The Morgan fingerprint density at radius 2 is 1.63 bits per heavy atom. The molecule has 1 aliphatic carbocycles. The Labute approximate surface area is 166 Å². The summed E-state index contributed by atoms with van der Waals surface area (Å²) in [4.78, 5) is -1.66. The van der Waals surface area contributed by atoms with Gasteiger partial charge in [-0.3, -0.25) is 0 Å². The number of aliphatic hydroxyl groups excluding tert-OH is 1. The molecule has 3 nitrogen and oxygen atoms in total. The molecule has 1 atom stereocenters. The maximum Gasteiger partial charge on any atom is 0.467 e. The highest BCUT2D eigenvalue weighted by molar-refractivity contribution is 5.31. The van der Waals surface area contributed by atoms with Crippen LogP contribution in [0, 0.1) is 11.7 Å². The fourth-order valence-electron chi connectivity index (χ4n) is 3.13. The first-order valence-electron chi connectivity index (χ1n) is 9.08. The molecule has 0 spiro atoms. The van der Waals surface area contributed by atoms with E-state index in [1.165, 1.54) is 0 Å². The molecule has 1 saturated carbocycles. The van der Waals surface area contributed by atoms with Gasteiger partial charge in [0.25, 0.3) is 0 Å². The van der Waals surface area contributed by atoms with Gasteiger partial charge in [0.1, 0.15) is 0 Å². The molecule has 0 aromatic heterocycles. The molecule has 0 radical (unpaired) electrons. The van der Waals surface area contributed by atoms with Crippen molar-refractivity contribution < 1.29 is 49.4 Å². The molecular weight excluding hydrogens is 433 g/mol. The van der Waals surface area contributed by atoms with Crippen LogP contribution in [-0.4, -0.2) is 41.7 Å². The number of hydrogen-bond donors (Lipinski definition) is 1. The summed E-state index contributed by atoms with van der Waals surface area (Å²) >= 11 is 0. The molecule has 2 rings (SSSR count). The summed E-state index contributed by atoms with van der Waals surface area (Å²) in [6, 6.07) is 2.84. The Hall–Kier alpha value is -1.69. The number of aliphatic hydroxyl groups is 1. The average Bonchev–Trinajstić information content (AvgIpc) is 2.59. The molecular formula is C18H20F9NO2. The van der Waals surface area contributed by atoms with Gasteiger partial charge >= 0.3 is 12.6 Å². The van der Waals surface area contributed by atoms with Crippen molar-refractivity contribution in [3.05, 3.63) is 29.6 Å². The summed E-state index contributed by atoms with van der Waals surface area (Å²) in [6.45, 7) is -1.64. The van der Waals surface area contributed by atoms with Crippen LogP contribution in [0.1, 0.15) is 43.8 Å². The third-order valence-corrected chi connectivity index (χ3v) is 4.89. The van der Waals surface area contributed by atoms with Crippen LogP contribution in [0.3, 0.4) is 0 Å². The third kappa shape index (κ3) is 6.93. The molecule has 0 bridgehead atoms. The predicted molar refractivity (Wildman–Crippen MR) is 87.2 cm³/mol. The van der Waals surface area contributed by atoms with Crippen LogP contribution in [0.15, 0.2) is 18.2 Å². The molecule has 0 amide bonds. The highest BCUT2D eigenvalue weighted by Gasteiger charge is 2.53. The van der Waals surface area contributed by atoms with Crippen LogP contribution in [0.4, 0.5) is 39.5 Å². The van der Waals surface area contributed by atoms with Crippen LogP contribution in [0.5, 0.6) is 5.75 Å². The average molecular weight is 453 g/mol. The first kappa shape index (κ1) is 24.6. The van der Waals surface area contributed by atoms with Gasteiger partial charge in [-0.1, -0.05) is 6.07 Å². The molecule has 0 unspecified atom stereocenters. The minimum Gasteiger partial charge on any atom is -0.490 e. The maximum atomic E-state index is 13.9. The molecule has 1 N–H and O–H groups in total. The van der Waals surface area contributed by atoms with Crippen molar-refractivity contribution >= 4 is 0 Å². The molecule has 30 heavy (non-hydrogen) atoms. The van der Waals surface area contributed by atoms with Crippen molar-refractivity contribution in [2.45, 2.75) is 56.7 Å². The smallest absolute Gasteiger partial charge is 0.467 e. The van der Waals surface area contributed by atoms with E-state index in [2.05, 4.69) is 0 Å². The van der Waals surface area contributed by atoms with Crippen LogP contribution in [0.25, 0.3) is 0 Å². The number of rotatable bonds is 7. The van der Waals surface area contributed by atoms with E-state index in [0.29, 0.717) is 0 Å². The molecule has 0 heterocycles. The van der Waals surface area contributed by atoms with Crippen LogP contribution in [0.2, 0.25) is 0 Å². The lowest BCUT2D eigenvalue weighted by atomic mass is 9.87. The molecule has 0 saturated heterocycles. The largest absolute Gasteiger partial charge is 0.490 e. The molecule has 12 heteroatoms. The number of benzene rings is 1. The quantitative estimate of drug-likeness (QED) is 0.419. The zero-order valence-corrected chi connectivity index (χ0v) is 15.5. The van der Waals surface area contributed by atoms with Gasteiger partial charge in [0.2, 0.25) is 5.92 Å². The molecule has 1 aromatic carbocycles. The minimum absolute atomic E-state index is 0.0809. The second-order valence-electron chi connectivity index (χ2n) is 7.19. The van der Waals surface area contributed by atoms with E-state index in [-0.39, 0.29) is 49.5 Å². The van der Waals surface area contributed by atoms with Crippen molar-refractivity contribution in [2.24, 2.45) is 5.92 Å². The summed E-state index contributed by atoms with van der Waals surface area (Å²) in [7, 11) is 0. The maximum absolute atomic E-state index is 13.9. The summed E-state index contributed by atoms with van der Waals surface area (Å²) in [5.74, 6) is -4.22. The lowest BCUT2D eigenvalue weighted by molar-refractivity contribution is -0.373. The van der Waals surface area contributed by atoms with E-state index < -0.39 is 48.3 Å². The van der Waals surface area contributed by atoms with Crippen molar-refractivity contribution in [3.8, 4) is 5.75 Å². The second kappa shape index (κ2) is 9.21. The first-order chi connectivity index (χ1) is 13.7. The van der Waals surface area contributed by atoms with Gasteiger partial charge in [-0.15, -0.1) is 4.90 Å². The predicted octanol–water partition coefficient (Wildman–Crippen LogP) is 5.80. The zero-order chi connectivity index (χ0) is 22.7. The Kier molecular flexibility index (Phi) is 7.54. The lowest BCUT2D eigenvalue weighted by Gasteiger charge is -2.28. The lowest BCUT2D eigenvalue weighted by Crippen LogP contribution is -2.48. The number of nitrogens with zero attached hydrogens (tertiary/aromatic N) is 1. The van der Waals surface area contributed by atoms with E-state index in [9.17, 15) is 44.6 Å². The van der Waals surface area contributed by atoms with Crippen molar-refractivity contribution in [2.75, 3.05) is 13.2 Å². The van der Waals surface area contributed by atoms with Crippen molar-refractivity contribution in [1.82, 2.24) is 4.90 Å². The second-order valence-corrected chi connectivity index (χ2v) is 7.19. The van der Waals surface area contributed by atoms with E-state index in [1.54, 1.807) is 0 Å². The van der Waals surface area contributed by atoms with E-state index in [4.69, 9.17) is 4.74 Å². The van der Waals surface area contributed by atoms with E-state index in [0.717, 1.165) is 18.2 Å². The molecule has 1 fully saturated rings. The Morgan fingerprint density at radius 1 is 1.07 bits per heavy atom. The molecule has 0 aliphatic heterocycles. The summed E-state index contributed by atoms with van der Waals surface area (Å²) in [5.41, 5.74) is -0.133. The van der Waals surface area contributed by atoms with Gasteiger partial charge in [-0.2, -0.15) is 26.3 Å². The van der Waals surface area contributed by atoms with Crippen molar-refractivity contribution in [1.29, 1.82) is 0 Å². The Bertz CT molecular complexity index is 682. The zero-order valence-electron chi connectivity index (χ0n) is 15.5. The Balaban J connectivity index is 1.98.